The minimum Gasteiger partial charge on any atom is -0.324 e. The van der Waals surface area contributed by atoms with Crippen LogP contribution < -0.4 is 5.32 Å². The van der Waals surface area contributed by atoms with E-state index in [-0.39, 0.29) is 21.3 Å². The van der Waals surface area contributed by atoms with Gasteiger partial charge in [-0.3, -0.25) is 19.1 Å². The molecule has 2 heterocycles. The number of carbonyl (C=O) groups excluding carboxylic acids is 2. The van der Waals surface area contributed by atoms with E-state index in [1.807, 2.05) is 0 Å². The number of aromatic nitrogens is 2. The molecule has 0 aliphatic rings. The lowest BCUT2D eigenvalue weighted by Crippen LogP contribution is -2.15. The van der Waals surface area contributed by atoms with Crippen LogP contribution in [0.1, 0.15) is 10.4 Å². The number of carbonyl (C=O) groups is 2. The number of hydrogen-bond donors (Lipinski definition) is 1. The Balaban J connectivity index is 2.03. The van der Waals surface area contributed by atoms with Gasteiger partial charge >= 0.3 is 0 Å². The van der Waals surface area contributed by atoms with Crippen LogP contribution in [-0.4, -0.2) is 28.0 Å². The molecule has 3 aromatic rings. The summed E-state index contributed by atoms with van der Waals surface area (Å²) in [7, 11) is 0. The Hall–Kier alpha value is -2.44. The van der Waals surface area contributed by atoms with Gasteiger partial charge < -0.3 is 5.32 Å². The lowest BCUT2D eigenvalue weighted by Gasteiger charge is -2.11. The van der Waals surface area contributed by atoms with E-state index in [4.69, 9.17) is 23.2 Å². The first-order valence-corrected chi connectivity index (χ1v) is 7.57. The Kier molecular flexibility index (Phi) is 4.51. The fourth-order valence-corrected chi connectivity index (χ4v) is 2.97. The fourth-order valence-electron chi connectivity index (χ4n) is 2.32. The normalized spacial score (nSPS) is 10.8. The standard InChI is InChI=1S/C16H10Cl2FN3O2/c17-11-5-10(21-14(23)7-19)6-12(18)15(11)16(24)22-4-2-9-8-20-3-1-13(9)22/h1-6,8H,7H2,(H,21,23). The molecule has 1 aromatic carbocycles. The number of amides is 1. The van der Waals surface area contributed by atoms with Crippen molar-refractivity contribution in [1.82, 2.24) is 9.55 Å². The molecule has 0 aliphatic heterocycles. The zero-order valence-corrected chi connectivity index (χ0v) is 13.6. The molecule has 0 unspecified atom stereocenters. The van der Waals surface area contributed by atoms with Crippen LogP contribution in [0.15, 0.2) is 42.9 Å². The minimum absolute atomic E-state index is 0.0533. The van der Waals surface area contributed by atoms with Crippen molar-refractivity contribution in [2.45, 2.75) is 0 Å². The van der Waals surface area contributed by atoms with Gasteiger partial charge in [0.2, 0.25) is 0 Å². The van der Waals surface area contributed by atoms with Gasteiger partial charge in [0, 0.05) is 29.7 Å². The highest BCUT2D eigenvalue weighted by molar-refractivity contribution is 6.40. The van der Waals surface area contributed by atoms with Crippen LogP contribution >= 0.6 is 23.2 Å². The summed E-state index contributed by atoms with van der Waals surface area (Å²) in [5, 5.41) is 3.20. The zero-order chi connectivity index (χ0) is 17.3. The summed E-state index contributed by atoms with van der Waals surface area (Å²) < 4.78 is 13.7. The maximum absolute atomic E-state index is 12.8. The lowest BCUT2D eigenvalue weighted by atomic mass is 10.1. The molecule has 0 saturated heterocycles. The topological polar surface area (TPSA) is 64.0 Å². The van der Waals surface area contributed by atoms with Gasteiger partial charge in [-0.1, -0.05) is 23.2 Å². The molecule has 1 amide bonds. The van der Waals surface area contributed by atoms with Gasteiger partial charge in [0.1, 0.15) is 0 Å². The quantitative estimate of drug-likeness (QED) is 0.764. The number of halogens is 3. The first-order chi connectivity index (χ1) is 11.5. The molecule has 3 rings (SSSR count). The van der Waals surface area contributed by atoms with E-state index >= 15 is 0 Å². The van der Waals surface area contributed by atoms with Crippen LogP contribution in [0.25, 0.3) is 10.9 Å². The summed E-state index contributed by atoms with van der Waals surface area (Å²) in [4.78, 5) is 27.9. The Morgan fingerprint density at radius 3 is 2.58 bits per heavy atom. The Morgan fingerprint density at radius 1 is 1.21 bits per heavy atom. The summed E-state index contributed by atoms with van der Waals surface area (Å²) in [5.41, 5.74) is 0.966. The summed E-state index contributed by atoms with van der Waals surface area (Å²) in [5.74, 6) is -1.25. The number of nitrogens with one attached hydrogen (secondary N) is 1. The van der Waals surface area contributed by atoms with Crippen molar-refractivity contribution >= 4 is 51.6 Å². The molecule has 0 radical (unpaired) electrons. The van der Waals surface area contributed by atoms with Crippen molar-refractivity contribution in [3.05, 3.63) is 58.5 Å². The van der Waals surface area contributed by atoms with E-state index in [1.165, 1.54) is 16.7 Å². The second-order valence-corrected chi connectivity index (χ2v) is 5.74. The van der Waals surface area contributed by atoms with Crippen molar-refractivity contribution in [3.8, 4) is 0 Å². The molecule has 5 nitrogen and oxygen atoms in total. The highest BCUT2D eigenvalue weighted by Crippen LogP contribution is 2.31. The highest BCUT2D eigenvalue weighted by atomic mass is 35.5. The number of alkyl halides is 1. The number of rotatable bonds is 3. The average molecular weight is 366 g/mol. The number of benzene rings is 1. The maximum Gasteiger partial charge on any atom is 0.265 e. The first kappa shape index (κ1) is 16.4. The maximum atomic E-state index is 12.8. The van der Waals surface area contributed by atoms with Gasteiger partial charge in [0.15, 0.2) is 6.67 Å². The van der Waals surface area contributed by atoms with Crippen LogP contribution in [0.3, 0.4) is 0 Å². The SMILES string of the molecule is O=C(CF)Nc1cc(Cl)c(C(=O)n2ccc3cnccc32)c(Cl)c1. The lowest BCUT2D eigenvalue weighted by molar-refractivity contribution is -0.117. The van der Waals surface area contributed by atoms with Gasteiger partial charge in [-0.25, -0.2) is 4.39 Å². The van der Waals surface area contributed by atoms with Crippen molar-refractivity contribution in [2.24, 2.45) is 0 Å². The molecule has 1 N–H and O–H groups in total. The largest absolute Gasteiger partial charge is 0.324 e. The van der Waals surface area contributed by atoms with E-state index in [9.17, 15) is 14.0 Å². The van der Waals surface area contributed by atoms with Crippen LogP contribution in [0.5, 0.6) is 0 Å². The van der Waals surface area contributed by atoms with Crippen molar-refractivity contribution in [2.75, 3.05) is 12.0 Å². The van der Waals surface area contributed by atoms with E-state index in [1.54, 1.807) is 30.7 Å². The molecule has 2 aromatic heterocycles. The van der Waals surface area contributed by atoms with Crippen LogP contribution in [0.2, 0.25) is 10.0 Å². The Bertz CT molecular complexity index is 932. The van der Waals surface area contributed by atoms with Gasteiger partial charge in [-0.05, 0) is 24.3 Å². The van der Waals surface area contributed by atoms with Crippen molar-refractivity contribution in [3.63, 3.8) is 0 Å². The summed E-state index contributed by atoms with van der Waals surface area (Å²) in [6.45, 7) is -1.17. The molecule has 8 heteroatoms. The molecular weight excluding hydrogens is 356 g/mol. The summed E-state index contributed by atoms with van der Waals surface area (Å²) in [6, 6.07) is 6.14. The van der Waals surface area contributed by atoms with E-state index < -0.39 is 18.5 Å². The zero-order valence-electron chi connectivity index (χ0n) is 12.1. The third kappa shape index (κ3) is 2.98. The molecule has 0 spiro atoms. The number of pyridine rings is 1. The number of anilines is 1. The smallest absolute Gasteiger partial charge is 0.265 e. The van der Waals surface area contributed by atoms with Crippen LogP contribution in [0.4, 0.5) is 10.1 Å². The highest BCUT2D eigenvalue weighted by Gasteiger charge is 2.19. The van der Waals surface area contributed by atoms with Crippen LogP contribution in [0, 0.1) is 0 Å². The first-order valence-electron chi connectivity index (χ1n) is 6.82. The third-order valence-electron chi connectivity index (χ3n) is 3.37. The minimum atomic E-state index is -1.17. The Morgan fingerprint density at radius 2 is 1.92 bits per heavy atom. The molecule has 0 atom stereocenters. The van der Waals surface area contributed by atoms with Crippen LogP contribution in [-0.2, 0) is 4.79 Å². The van der Waals surface area contributed by atoms with Gasteiger partial charge in [-0.2, -0.15) is 0 Å². The van der Waals surface area contributed by atoms with Crippen molar-refractivity contribution < 1.29 is 14.0 Å². The second-order valence-electron chi connectivity index (χ2n) is 4.92. The molecule has 0 aliphatic carbocycles. The third-order valence-corrected chi connectivity index (χ3v) is 3.97. The van der Waals surface area contributed by atoms with E-state index in [0.29, 0.717) is 5.52 Å². The van der Waals surface area contributed by atoms with Gasteiger partial charge in [0.25, 0.3) is 11.8 Å². The molecule has 0 fully saturated rings. The second kappa shape index (κ2) is 6.59. The number of fused-ring (bicyclic) bond motifs is 1. The number of nitrogens with zero attached hydrogens (tertiary/aromatic N) is 2. The molecular formula is C16H10Cl2FN3O2. The van der Waals surface area contributed by atoms with E-state index in [0.717, 1.165) is 5.39 Å². The van der Waals surface area contributed by atoms with Crippen molar-refractivity contribution in [1.29, 1.82) is 0 Å². The summed E-state index contributed by atoms with van der Waals surface area (Å²) in [6.07, 6.45) is 4.81. The average Bonchev–Trinajstić information content (AvgIpc) is 2.98. The predicted molar refractivity (Wildman–Crippen MR) is 90.5 cm³/mol. The molecule has 0 bridgehead atoms. The predicted octanol–water partition coefficient (Wildman–Crippen LogP) is 3.94. The van der Waals surface area contributed by atoms with E-state index in [2.05, 4.69) is 10.3 Å². The Labute approximate surface area is 146 Å². The number of hydrogen-bond acceptors (Lipinski definition) is 3. The molecule has 122 valence electrons. The molecule has 0 saturated carbocycles. The van der Waals surface area contributed by atoms with Gasteiger partial charge in [-0.15, -0.1) is 0 Å². The fraction of sp³-hybridized carbons (Fsp3) is 0.0625. The monoisotopic (exact) mass is 365 g/mol. The van der Waals surface area contributed by atoms with Gasteiger partial charge in [0.05, 0.1) is 21.1 Å². The molecule has 24 heavy (non-hydrogen) atoms. The summed E-state index contributed by atoms with van der Waals surface area (Å²) >= 11 is 12.3.